The van der Waals surface area contributed by atoms with Crippen molar-refractivity contribution in [1.82, 2.24) is 20.3 Å². The first kappa shape index (κ1) is 24.1. The van der Waals surface area contributed by atoms with E-state index in [1.165, 1.54) is 16.8 Å². The molecule has 0 unspecified atom stereocenters. The van der Waals surface area contributed by atoms with E-state index < -0.39 is 0 Å². The Bertz CT molecular complexity index is 1370. The Hall–Kier alpha value is -4.24. The Morgan fingerprint density at radius 1 is 0.763 bits per heavy atom. The molecule has 0 spiro atoms. The van der Waals surface area contributed by atoms with Gasteiger partial charge in [-0.15, -0.1) is 0 Å². The van der Waals surface area contributed by atoms with E-state index in [0.29, 0.717) is 17.6 Å². The third-order valence-electron chi connectivity index (χ3n) is 6.99. The second-order valence-electron chi connectivity index (χ2n) is 9.51. The summed E-state index contributed by atoms with van der Waals surface area (Å²) in [7, 11) is 0. The van der Waals surface area contributed by atoms with E-state index in [4.69, 9.17) is 22.2 Å². The number of thiocarbonyl (C=S) groups is 1. The van der Waals surface area contributed by atoms with E-state index in [1.54, 1.807) is 6.20 Å². The van der Waals surface area contributed by atoms with Gasteiger partial charge in [0.2, 0.25) is 5.95 Å². The average Bonchev–Trinajstić information content (AvgIpc) is 3.42. The van der Waals surface area contributed by atoms with Crippen LogP contribution in [0.2, 0.25) is 0 Å². The predicted molar refractivity (Wildman–Crippen MR) is 157 cm³/mol. The molecular weight excluding hydrogens is 492 g/mol. The molecule has 2 aromatic carbocycles. The van der Waals surface area contributed by atoms with Gasteiger partial charge in [-0.3, -0.25) is 4.98 Å². The van der Waals surface area contributed by atoms with Crippen molar-refractivity contribution in [1.29, 1.82) is 0 Å². The Balaban J connectivity index is 1.20. The van der Waals surface area contributed by atoms with Gasteiger partial charge in [-0.2, -0.15) is 9.97 Å². The number of aromatic nitrogens is 3. The van der Waals surface area contributed by atoms with Crippen molar-refractivity contribution in [2.45, 2.75) is 19.6 Å². The largest absolute Gasteiger partial charge is 0.368 e. The minimum Gasteiger partial charge on any atom is -0.368 e. The van der Waals surface area contributed by atoms with Gasteiger partial charge in [0.25, 0.3) is 0 Å². The molecule has 192 valence electrons. The molecule has 0 aliphatic carbocycles. The molecule has 4 heterocycles. The molecule has 9 heteroatoms. The first-order valence-corrected chi connectivity index (χ1v) is 13.3. The SMILES string of the molecule is S=C(NCc1cccnc1)Nc1nc(N2CCN(c3ccccc3)CC2)cc(N2Cc3ccccc3C2)n1. The van der Waals surface area contributed by atoms with E-state index in [-0.39, 0.29) is 0 Å². The summed E-state index contributed by atoms with van der Waals surface area (Å²) in [6, 6.07) is 25.2. The maximum Gasteiger partial charge on any atom is 0.232 e. The molecule has 8 nitrogen and oxygen atoms in total. The van der Waals surface area contributed by atoms with Crippen LogP contribution in [0.15, 0.2) is 85.2 Å². The summed E-state index contributed by atoms with van der Waals surface area (Å²) in [5, 5.41) is 6.95. The van der Waals surface area contributed by atoms with Crippen molar-refractivity contribution in [3.63, 3.8) is 0 Å². The first-order chi connectivity index (χ1) is 18.7. The molecule has 1 saturated heterocycles. The van der Waals surface area contributed by atoms with Gasteiger partial charge in [-0.25, -0.2) is 0 Å². The summed E-state index contributed by atoms with van der Waals surface area (Å²) in [5.74, 6) is 2.31. The quantitative estimate of drug-likeness (QED) is 0.363. The number of hydrogen-bond acceptors (Lipinski definition) is 7. The van der Waals surface area contributed by atoms with Crippen LogP contribution in [0.5, 0.6) is 0 Å². The van der Waals surface area contributed by atoms with Crippen molar-refractivity contribution in [2.75, 3.05) is 46.2 Å². The molecule has 2 N–H and O–H groups in total. The van der Waals surface area contributed by atoms with Crippen LogP contribution >= 0.6 is 12.2 Å². The van der Waals surface area contributed by atoms with Gasteiger partial charge in [-0.1, -0.05) is 48.5 Å². The van der Waals surface area contributed by atoms with Crippen molar-refractivity contribution in [3.05, 3.63) is 102 Å². The lowest BCUT2D eigenvalue weighted by molar-refractivity contribution is 0.647. The smallest absolute Gasteiger partial charge is 0.232 e. The van der Waals surface area contributed by atoms with Crippen LogP contribution in [-0.4, -0.2) is 46.2 Å². The van der Waals surface area contributed by atoms with Gasteiger partial charge in [0, 0.05) is 70.0 Å². The highest BCUT2D eigenvalue weighted by Gasteiger charge is 2.24. The third-order valence-corrected chi connectivity index (χ3v) is 7.24. The summed E-state index contributed by atoms with van der Waals surface area (Å²) >= 11 is 5.58. The van der Waals surface area contributed by atoms with Crippen LogP contribution in [0.1, 0.15) is 16.7 Å². The number of pyridine rings is 1. The molecule has 2 aromatic heterocycles. The third kappa shape index (κ3) is 5.52. The summed E-state index contributed by atoms with van der Waals surface area (Å²) in [6.07, 6.45) is 3.59. The average molecular weight is 523 g/mol. The van der Waals surface area contributed by atoms with Gasteiger partial charge in [0.15, 0.2) is 5.11 Å². The highest BCUT2D eigenvalue weighted by atomic mass is 32.1. The molecule has 2 aliphatic rings. The van der Waals surface area contributed by atoms with Crippen molar-refractivity contribution in [3.8, 4) is 0 Å². The normalized spacial score (nSPS) is 14.8. The van der Waals surface area contributed by atoms with Crippen molar-refractivity contribution < 1.29 is 0 Å². The zero-order valence-corrected chi connectivity index (χ0v) is 21.9. The van der Waals surface area contributed by atoms with Crippen LogP contribution < -0.4 is 25.3 Å². The number of anilines is 4. The van der Waals surface area contributed by atoms with Gasteiger partial charge in [0.1, 0.15) is 11.6 Å². The Labute approximate surface area is 228 Å². The number of nitrogens with one attached hydrogen (secondary N) is 2. The highest BCUT2D eigenvalue weighted by molar-refractivity contribution is 7.80. The van der Waals surface area contributed by atoms with Gasteiger partial charge >= 0.3 is 0 Å². The fourth-order valence-electron chi connectivity index (χ4n) is 4.96. The topological polar surface area (TPSA) is 72.5 Å². The number of fused-ring (bicyclic) bond motifs is 1. The maximum absolute atomic E-state index is 5.58. The van der Waals surface area contributed by atoms with Crippen LogP contribution in [0.25, 0.3) is 0 Å². The van der Waals surface area contributed by atoms with Crippen molar-refractivity contribution in [2.24, 2.45) is 0 Å². The number of benzene rings is 2. The van der Waals surface area contributed by atoms with Crippen LogP contribution in [0.3, 0.4) is 0 Å². The molecule has 0 amide bonds. The van der Waals surface area contributed by atoms with Gasteiger partial charge in [0.05, 0.1) is 0 Å². The van der Waals surface area contributed by atoms with E-state index in [9.17, 15) is 0 Å². The molecule has 1 fully saturated rings. The number of nitrogens with zero attached hydrogens (tertiary/aromatic N) is 6. The van der Waals surface area contributed by atoms with Crippen LogP contribution in [-0.2, 0) is 19.6 Å². The molecule has 0 radical (unpaired) electrons. The van der Waals surface area contributed by atoms with Crippen LogP contribution in [0, 0.1) is 0 Å². The summed E-state index contributed by atoms with van der Waals surface area (Å²) in [6.45, 7) is 5.88. The number of para-hydroxylation sites is 1. The molecule has 38 heavy (non-hydrogen) atoms. The number of piperazine rings is 1. The zero-order valence-electron chi connectivity index (χ0n) is 21.1. The lowest BCUT2D eigenvalue weighted by Gasteiger charge is -2.37. The fraction of sp³-hybridized carbons (Fsp3) is 0.241. The lowest BCUT2D eigenvalue weighted by Crippen LogP contribution is -2.47. The highest BCUT2D eigenvalue weighted by Crippen LogP contribution is 2.30. The molecule has 0 saturated carbocycles. The first-order valence-electron chi connectivity index (χ1n) is 12.9. The standard InChI is InChI=1S/C29H30N8S/c38-29(31-19-22-7-6-12-30-18-22)34-28-32-26(36-15-13-35(14-16-36)25-10-2-1-3-11-25)17-27(33-28)37-20-23-8-4-5-9-24(23)21-37/h1-12,17-18H,13-16,19-21H2,(H2,31,32,33,34,38). The molecular formula is C29H30N8S. The zero-order chi connectivity index (χ0) is 25.7. The monoisotopic (exact) mass is 522 g/mol. The van der Waals surface area contributed by atoms with E-state index >= 15 is 0 Å². The summed E-state index contributed by atoms with van der Waals surface area (Å²) < 4.78 is 0. The Kier molecular flexibility index (Phi) is 6.99. The van der Waals surface area contributed by atoms with E-state index in [1.807, 2.05) is 18.3 Å². The molecule has 4 aromatic rings. The minimum atomic E-state index is 0.482. The van der Waals surface area contributed by atoms with Gasteiger partial charge in [-0.05, 0) is 47.1 Å². The fourth-order valence-corrected chi connectivity index (χ4v) is 5.12. The predicted octanol–water partition coefficient (Wildman–Crippen LogP) is 4.21. The molecule has 0 bridgehead atoms. The molecule has 2 aliphatic heterocycles. The van der Waals surface area contributed by atoms with E-state index in [2.05, 4.69) is 91.0 Å². The molecule has 0 atom stereocenters. The van der Waals surface area contributed by atoms with Gasteiger partial charge < -0.3 is 25.3 Å². The Morgan fingerprint density at radius 2 is 1.42 bits per heavy atom. The van der Waals surface area contributed by atoms with Crippen LogP contribution in [0.4, 0.5) is 23.3 Å². The lowest BCUT2D eigenvalue weighted by atomic mass is 10.1. The second kappa shape index (κ2) is 11.0. The minimum absolute atomic E-state index is 0.482. The Morgan fingerprint density at radius 3 is 2.11 bits per heavy atom. The summed E-state index contributed by atoms with van der Waals surface area (Å²) in [4.78, 5) is 21.0. The molecule has 6 rings (SSSR count). The second-order valence-corrected chi connectivity index (χ2v) is 9.92. The number of rotatable bonds is 6. The van der Waals surface area contributed by atoms with E-state index in [0.717, 1.165) is 56.5 Å². The number of hydrogen-bond donors (Lipinski definition) is 2. The van der Waals surface area contributed by atoms with Crippen molar-refractivity contribution >= 4 is 40.6 Å². The summed E-state index contributed by atoms with van der Waals surface area (Å²) in [5.41, 5.74) is 5.00. The maximum atomic E-state index is 5.58.